The molecule has 2 unspecified atom stereocenters. The van der Waals surface area contributed by atoms with Crippen molar-refractivity contribution in [3.05, 3.63) is 48.7 Å². The van der Waals surface area contributed by atoms with Gasteiger partial charge in [0.25, 0.3) is 5.91 Å². The van der Waals surface area contributed by atoms with Crippen LogP contribution in [0.25, 0.3) is 11.5 Å². The highest BCUT2D eigenvalue weighted by Crippen LogP contribution is 2.27. The van der Waals surface area contributed by atoms with E-state index in [4.69, 9.17) is 13.9 Å². The molecular weight excluding hydrogens is 426 g/mol. The molecule has 10 heteroatoms. The molecule has 0 bridgehead atoms. The number of carbonyl (C=O) groups is 2. The molecule has 1 aliphatic rings. The maximum absolute atomic E-state index is 12.7. The number of carbonyl (C=O) groups excluding carboxylic acids is 2. The summed E-state index contributed by atoms with van der Waals surface area (Å²) >= 11 is 0. The number of ether oxygens (including phenoxy) is 2. The van der Waals surface area contributed by atoms with Gasteiger partial charge in [-0.05, 0) is 30.2 Å². The lowest BCUT2D eigenvalue weighted by Gasteiger charge is -2.34. The summed E-state index contributed by atoms with van der Waals surface area (Å²) in [6.45, 7) is 3.85. The van der Waals surface area contributed by atoms with Crippen molar-refractivity contribution in [1.29, 1.82) is 0 Å². The van der Waals surface area contributed by atoms with Crippen molar-refractivity contribution in [2.45, 2.75) is 32.6 Å². The Morgan fingerprint density at radius 3 is 2.76 bits per heavy atom. The lowest BCUT2D eigenvalue weighted by Crippen LogP contribution is -2.55. The number of benzene rings is 1. The van der Waals surface area contributed by atoms with Crippen molar-refractivity contribution in [2.75, 3.05) is 19.0 Å². The molecular formula is C23H27N5O5. The average Bonchev–Trinajstić information content (AvgIpc) is 3.47. The van der Waals surface area contributed by atoms with Crippen LogP contribution in [0.5, 0.6) is 11.5 Å². The minimum absolute atomic E-state index is 0.0301. The van der Waals surface area contributed by atoms with Gasteiger partial charge in [-0.2, -0.15) is 5.10 Å². The molecule has 2 amide bonds. The first-order chi connectivity index (χ1) is 15.9. The standard InChI is InChI=1S/C23H27N5O5/c1-14(2)15-12-21(29)26-23(24-15)28-20(11-16(27-28)17-9-6-10-32-17)25-22(30)13-33-19-8-5-4-7-18(19)31-3/h4-11,14-15,23-24H,12-13H2,1-3H3,(H,25,30)(H,26,29). The molecule has 1 aliphatic heterocycles. The molecule has 1 aromatic carbocycles. The van der Waals surface area contributed by atoms with Crippen LogP contribution in [-0.4, -0.2) is 41.4 Å². The van der Waals surface area contributed by atoms with Crippen molar-refractivity contribution >= 4 is 17.6 Å². The van der Waals surface area contributed by atoms with E-state index < -0.39 is 12.2 Å². The largest absolute Gasteiger partial charge is 0.493 e. The van der Waals surface area contributed by atoms with E-state index in [2.05, 4.69) is 21.0 Å². The molecule has 2 atom stereocenters. The van der Waals surface area contributed by atoms with E-state index in [0.29, 0.717) is 35.2 Å². The summed E-state index contributed by atoms with van der Waals surface area (Å²) in [6.07, 6.45) is 1.28. The second-order valence-corrected chi connectivity index (χ2v) is 8.02. The highest BCUT2D eigenvalue weighted by atomic mass is 16.5. The molecule has 0 saturated carbocycles. The average molecular weight is 453 g/mol. The van der Waals surface area contributed by atoms with Crippen molar-refractivity contribution in [2.24, 2.45) is 5.92 Å². The van der Waals surface area contributed by atoms with Crippen LogP contribution in [0, 0.1) is 5.92 Å². The monoisotopic (exact) mass is 453 g/mol. The van der Waals surface area contributed by atoms with Gasteiger partial charge in [0.2, 0.25) is 5.91 Å². The summed E-state index contributed by atoms with van der Waals surface area (Å²) < 4.78 is 17.9. The maximum atomic E-state index is 12.7. The Kier molecular flexibility index (Phi) is 6.64. The summed E-state index contributed by atoms with van der Waals surface area (Å²) in [4.78, 5) is 25.0. The molecule has 174 valence electrons. The molecule has 1 saturated heterocycles. The predicted molar refractivity (Wildman–Crippen MR) is 121 cm³/mol. The SMILES string of the molecule is COc1ccccc1OCC(=O)Nc1cc(-c2ccco2)nn1C1NC(=O)CC(C(C)C)N1. The summed E-state index contributed by atoms with van der Waals surface area (Å²) in [7, 11) is 1.53. The smallest absolute Gasteiger partial charge is 0.263 e. The normalized spacial score (nSPS) is 18.1. The molecule has 3 aromatic rings. The lowest BCUT2D eigenvalue weighted by molar-refractivity contribution is -0.126. The minimum Gasteiger partial charge on any atom is -0.493 e. The Hall–Kier alpha value is -3.79. The topological polar surface area (TPSA) is 120 Å². The lowest BCUT2D eigenvalue weighted by atomic mass is 9.99. The van der Waals surface area contributed by atoms with Crippen LogP contribution in [-0.2, 0) is 9.59 Å². The fourth-order valence-electron chi connectivity index (χ4n) is 3.56. The second kappa shape index (κ2) is 9.78. The van der Waals surface area contributed by atoms with E-state index in [1.54, 1.807) is 42.7 Å². The van der Waals surface area contributed by atoms with Gasteiger partial charge in [0.15, 0.2) is 30.2 Å². The van der Waals surface area contributed by atoms with E-state index >= 15 is 0 Å². The van der Waals surface area contributed by atoms with Crippen molar-refractivity contribution in [3.63, 3.8) is 0 Å². The number of hydrogen-bond acceptors (Lipinski definition) is 7. The number of hydrogen-bond donors (Lipinski definition) is 3. The van der Waals surface area contributed by atoms with E-state index in [1.807, 2.05) is 19.9 Å². The molecule has 1 fully saturated rings. The van der Waals surface area contributed by atoms with Gasteiger partial charge in [0.05, 0.1) is 13.4 Å². The Labute approximate surface area is 191 Å². The number of methoxy groups -OCH3 is 1. The number of anilines is 1. The van der Waals surface area contributed by atoms with Crippen molar-refractivity contribution in [1.82, 2.24) is 20.4 Å². The zero-order valence-corrected chi connectivity index (χ0v) is 18.7. The summed E-state index contributed by atoms with van der Waals surface area (Å²) in [6, 6.07) is 12.3. The minimum atomic E-state index is -0.632. The third kappa shape index (κ3) is 5.17. The van der Waals surface area contributed by atoms with Crippen molar-refractivity contribution in [3.8, 4) is 23.0 Å². The number of nitrogens with zero attached hydrogens (tertiary/aromatic N) is 2. The van der Waals surface area contributed by atoms with Crippen LogP contribution in [0.2, 0.25) is 0 Å². The quantitative estimate of drug-likeness (QED) is 0.480. The van der Waals surface area contributed by atoms with E-state index in [0.717, 1.165) is 0 Å². The van der Waals surface area contributed by atoms with Gasteiger partial charge < -0.3 is 24.5 Å². The Morgan fingerprint density at radius 2 is 2.06 bits per heavy atom. The maximum Gasteiger partial charge on any atom is 0.263 e. The van der Waals surface area contributed by atoms with Gasteiger partial charge in [-0.1, -0.05) is 26.0 Å². The number of aromatic nitrogens is 2. The molecule has 0 aliphatic carbocycles. The number of nitrogens with one attached hydrogen (secondary N) is 3. The number of rotatable bonds is 8. The molecule has 10 nitrogen and oxygen atoms in total. The van der Waals surface area contributed by atoms with Gasteiger partial charge in [0, 0.05) is 18.5 Å². The fourth-order valence-corrected chi connectivity index (χ4v) is 3.56. The highest BCUT2D eigenvalue weighted by molar-refractivity contribution is 5.91. The summed E-state index contributed by atoms with van der Waals surface area (Å²) in [5, 5.41) is 13.7. The molecule has 3 N–H and O–H groups in total. The van der Waals surface area contributed by atoms with Crippen LogP contribution in [0.3, 0.4) is 0 Å². The van der Waals surface area contributed by atoms with Crippen molar-refractivity contribution < 1.29 is 23.5 Å². The Balaban J connectivity index is 1.55. The van der Waals surface area contributed by atoms with Crippen LogP contribution in [0.1, 0.15) is 26.6 Å². The van der Waals surface area contributed by atoms with Gasteiger partial charge in [-0.25, -0.2) is 4.68 Å². The third-order valence-electron chi connectivity index (χ3n) is 5.33. The first-order valence-electron chi connectivity index (χ1n) is 10.7. The molecule has 3 heterocycles. The molecule has 33 heavy (non-hydrogen) atoms. The van der Waals surface area contributed by atoms with Gasteiger partial charge in [-0.15, -0.1) is 0 Å². The molecule has 2 aromatic heterocycles. The Bertz CT molecular complexity index is 1110. The van der Waals surface area contributed by atoms with Crippen LogP contribution in [0.15, 0.2) is 53.1 Å². The Morgan fingerprint density at radius 1 is 1.27 bits per heavy atom. The second-order valence-electron chi connectivity index (χ2n) is 8.02. The van der Waals surface area contributed by atoms with Gasteiger partial charge in [0.1, 0.15) is 11.5 Å². The zero-order chi connectivity index (χ0) is 23.4. The fraction of sp³-hybridized carbons (Fsp3) is 0.348. The zero-order valence-electron chi connectivity index (χ0n) is 18.7. The molecule has 0 radical (unpaired) electrons. The van der Waals surface area contributed by atoms with Gasteiger partial charge >= 0.3 is 0 Å². The van der Waals surface area contributed by atoms with Crippen LogP contribution in [0.4, 0.5) is 5.82 Å². The molecule has 0 spiro atoms. The first kappa shape index (κ1) is 22.4. The number of amides is 2. The van der Waals surface area contributed by atoms with Gasteiger partial charge in [-0.3, -0.25) is 14.9 Å². The van der Waals surface area contributed by atoms with E-state index in [-0.39, 0.29) is 24.5 Å². The van der Waals surface area contributed by atoms with E-state index in [1.165, 1.54) is 11.8 Å². The third-order valence-corrected chi connectivity index (χ3v) is 5.33. The molecule has 4 rings (SSSR count). The predicted octanol–water partition coefficient (Wildman–Crippen LogP) is 2.76. The summed E-state index contributed by atoms with van der Waals surface area (Å²) in [5.74, 6) is 1.67. The van der Waals surface area contributed by atoms with Crippen LogP contribution >= 0.6 is 0 Å². The van der Waals surface area contributed by atoms with E-state index in [9.17, 15) is 9.59 Å². The number of para-hydroxylation sites is 2. The number of furan rings is 1. The first-order valence-corrected chi connectivity index (χ1v) is 10.7. The highest BCUT2D eigenvalue weighted by Gasteiger charge is 2.31. The van der Waals surface area contributed by atoms with Crippen LogP contribution < -0.4 is 25.4 Å². The summed E-state index contributed by atoms with van der Waals surface area (Å²) in [5.41, 5.74) is 0.517.